The quantitative estimate of drug-likeness (QED) is 0.860. The number of nitrogens with one attached hydrogen (secondary N) is 1. The lowest BCUT2D eigenvalue weighted by molar-refractivity contribution is -0.120. The van der Waals surface area contributed by atoms with E-state index in [1.165, 1.54) is 31.0 Å². The molecule has 1 aliphatic heterocycles. The lowest BCUT2D eigenvalue weighted by Crippen LogP contribution is -2.29. The molecule has 1 fully saturated rings. The van der Waals surface area contributed by atoms with Crippen molar-refractivity contribution in [3.8, 4) is 0 Å². The molecule has 0 saturated carbocycles. The molecule has 3 rings (SSSR count). The molecule has 1 aliphatic rings. The van der Waals surface area contributed by atoms with Crippen LogP contribution in [0.25, 0.3) is 0 Å². The molecule has 0 bridgehead atoms. The molecule has 0 unspecified atom stereocenters. The summed E-state index contributed by atoms with van der Waals surface area (Å²) in [7, 11) is 0. The van der Waals surface area contributed by atoms with E-state index < -0.39 is 5.82 Å². The molecule has 1 N–H and O–H groups in total. The van der Waals surface area contributed by atoms with E-state index in [1.54, 1.807) is 12.1 Å². The molecule has 0 aliphatic carbocycles. The number of carbonyl (C=O) groups excluding carboxylic acids is 1. The van der Waals surface area contributed by atoms with Crippen LogP contribution in [0.1, 0.15) is 30.4 Å². The van der Waals surface area contributed by atoms with Crippen molar-refractivity contribution in [1.82, 2.24) is 5.32 Å². The first-order valence-corrected chi connectivity index (χ1v) is 9.04. The van der Waals surface area contributed by atoms with Crippen molar-refractivity contribution in [1.29, 1.82) is 0 Å². The summed E-state index contributed by atoms with van der Waals surface area (Å²) in [5.41, 5.74) is 2.62. The van der Waals surface area contributed by atoms with E-state index in [4.69, 9.17) is 11.6 Å². The number of nitrogens with zero attached hydrogens (tertiary/aromatic N) is 1. The van der Waals surface area contributed by atoms with Crippen molar-refractivity contribution >= 4 is 23.2 Å². The van der Waals surface area contributed by atoms with Gasteiger partial charge in [-0.2, -0.15) is 0 Å². The van der Waals surface area contributed by atoms with Gasteiger partial charge in [0.1, 0.15) is 5.82 Å². The van der Waals surface area contributed by atoms with Gasteiger partial charge in [-0.05, 0) is 54.7 Å². The fraction of sp³-hybridized carbons (Fsp3) is 0.350. The average molecular weight is 361 g/mol. The summed E-state index contributed by atoms with van der Waals surface area (Å²) in [6.45, 7) is 2.67. The van der Waals surface area contributed by atoms with Crippen LogP contribution in [0.15, 0.2) is 42.5 Å². The van der Waals surface area contributed by atoms with E-state index in [-0.39, 0.29) is 12.3 Å². The van der Waals surface area contributed by atoms with E-state index in [0.717, 1.165) is 18.7 Å². The second-order valence-electron chi connectivity index (χ2n) is 6.40. The summed E-state index contributed by atoms with van der Waals surface area (Å²) >= 11 is 5.72. The van der Waals surface area contributed by atoms with Crippen LogP contribution >= 0.6 is 11.6 Å². The van der Waals surface area contributed by atoms with Gasteiger partial charge in [0.2, 0.25) is 5.91 Å². The summed E-state index contributed by atoms with van der Waals surface area (Å²) in [4.78, 5) is 14.4. The van der Waals surface area contributed by atoms with Crippen LogP contribution in [-0.2, 0) is 17.8 Å². The summed E-state index contributed by atoms with van der Waals surface area (Å²) < 4.78 is 13.7. The van der Waals surface area contributed by atoms with E-state index in [9.17, 15) is 9.18 Å². The Hall–Kier alpha value is -2.07. The molecular formula is C20H22ClFN2O. The van der Waals surface area contributed by atoms with Gasteiger partial charge < -0.3 is 10.2 Å². The van der Waals surface area contributed by atoms with Gasteiger partial charge in [-0.25, -0.2) is 4.39 Å². The first-order valence-electron chi connectivity index (χ1n) is 8.66. The lowest BCUT2D eigenvalue weighted by atomic mass is 10.1. The topological polar surface area (TPSA) is 32.3 Å². The normalized spacial score (nSPS) is 14.4. The molecular weight excluding hydrogens is 339 g/mol. The molecule has 1 heterocycles. The maximum Gasteiger partial charge on any atom is 0.224 e. The second kappa shape index (κ2) is 8.34. The monoisotopic (exact) mass is 360 g/mol. The predicted molar refractivity (Wildman–Crippen MR) is 99.5 cm³/mol. The minimum Gasteiger partial charge on any atom is -0.372 e. The number of piperidine rings is 1. The SMILES string of the molecule is O=C(Cc1ccc(Cl)cc1F)NCc1ccc(N2CCCCC2)cc1. The maximum atomic E-state index is 13.7. The van der Waals surface area contributed by atoms with Gasteiger partial charge in [0, 0.05) is 30.3 Å². The smallest absolute Gasteiger partial charge is 0.224 e. The van der Waals surface area contributed by atoms with Gasteiger partial charge in [-0.15, -0.1) is 0 Å². The number of anilines is 1. The molecule has 3 nitrogen and oxygen atoms in total. The Morgan fingerprint density at radius 1 is 1.08 bits per heavy atom. The molecule has 0 radical (unpaired) electrons. The maximum absolute atomic E-state index is 13.7. The van der Waals surface area contributed by atoms with Crippen LogP contribution in [0.2, 0.25) is 5.02 Å². The number of hydrogen-bond acceptors (Lipinski definition) is 2. The minimum atomic E-state index is -0.450. The van der Waals surface area contributed by atoms with Gasteiger partial charge in [0.25, 0.3) is 0 Å². The Kier molecular flexibility index (Phi) is 5.92. The van der Waals surface area contributed by atoms with Gasteiger partial charge in [0.15, 0.2) is 0 Å². The standard InChI is InChI=1S/C20H22ClFN2O/c21-17-7-6-16(19(22)13-17)12-20(25)23-14-15-4-8-18(9-5-15)24-10-2-1-3-11-24/h4-9,13H,1-3,10-12,14H2,(H,23,25). The highest BCUT2D eigenvalue weighted by Gasteiger charge is 2.11. The molecule has 132 valence electrons. The van der Waals surface area contributed by atoms with Crippen molar-refractivity contribution in [3.63, 3.8) is 0 Å². The van der Waals surface area contributed by atoms with Crippen molar-refractivity contribution in [2.24, 2.45) is 0 Å². The zero-order valence-electron chi connectivity index (χ0n) is 14.1. The van der Waals surface area contributed by atoms with Gasteiger partial charge >= 0.3 is 0 Å². The van der Waals surface area contributed by atoms with Crippen LogP contribution in [-0.4, -0.2) is 19.0 Å². The van der Waals surface area contributed by atoms with E-state index in [1.807, 2.05) is 12.1 Å². The molecule has 25 heavy (non-hydrogen) atoms. The molecule has 2 aromatic carbocycles. The number of amides is 1. The Labute approximate surface area is 152 Å². The molecule has 5 heteroatoms. The number of hydrogen-bond donors (Lipinski definition) is 1. The van der Waals surface area contributed by atoms with Crippen LogP contribution < -0.4 is 10.2 Å². The third-order valence-corrected chi connectivity index (χ3v) is 4.75. The third kappa shape index (κ3) is 4.95. The number of benzene rings is 2. The van der Waals surface area contributed by atoms with Gasteiger partial charge in [0.05, 0.1) is 6.42 Å². The minimum absolute atomic E-state index is 0.00879. The van der Waals surface area contributed by atoms with E-state index >= 15 is 0 Å². The zero-order chi connectivity index (χ0) is 17.6. The number of carbonyl (C=O) groups is 1. The van der Waals surface area contributed by atoms with Crippen LogP contribution in [0.5, 0.6) is 0 Å². The molecule has 1 saturated heterocycles. The largest absolute Gasteiger partial charge is 0.372 e. The summed E-state index contributed by atoms with van der Waals surface area (Å²) in [5, 5.41) is 3.17. The molecule has 0 aromatic heterocycles. The fourth-order valence-electron chi connectivity index (χ4n) is 3.08. The number of rotatable bonds is 5. The molecule has 2 aromatic rings. The van der Waals surface area contributed by atoms with Crippen molar-refractivity contribution in [3.05, 3.63) is 64.4 Å². The third-order valence-electron chi connectivity index (χ3n) is 4.51. The highest BCUT2D eigenvalue weighted by atomic mass is 35.5. The fourth-order valence-corrected chi connectivity index (χ4v) is 3.24. The Morgan fingerprint density at radius 2 is 1.80 bits per heavy atom. The van der Waals surface area contributed by atoms with Crippen molar-refractivity contribution in [2.75, 3.05) is 18.0 Å². The molecule has 0 spiro atoms. The second-order valence-corrected chi connectivity index (χ2v) is 6.84. The first kappa shape index (κ1) is 17.7. The van der Waals surface area contributed by atoms with Gasteiger partial charge in [-0.3, -0.25) is 4.79 Å². The molecule has 1 amide bonds. The molecule has 0 atom stereocenters. The predicted octanol–water partition coefficient (Wildman–Crippen LogP) is 4.33. The first-order chi connectivity index (χ1) is 12.1. The Balaban J connectivity index is 1.51. The van der Waals surface area contributed by atoms with Crippen LogP contribution in [0.3, 0.4) is 0 Å². The van der Waals surface area contributed by atoms with Crippen LogP contribution in [0.4, 0.5) is 10.1 Å². The van der Waals surface area contributed by atoms with E-state index in [2.05, 4.69) is 22.3 Å². The zero-order valence-corrected chi connectivity index (χ0v) is 14.9. The Morgan fingerprint density at radius 3 is 2.48 bits per heavy atom. The highest BCUT2D eigenvalue weighted by molar-refractivity contribution is 6.30. The summed E-state index contributed by atoms with van der Waals surface area (Å²) in [6.07, 6.45) is 3.82. The average Bonchev–Trinajstić information content (AvgIpc) is 2.63. The van der Waals surface area contributed by atoms with Gasteiger partial charge in [-0.1, -0.05) is 29.8 Å². The lowest BCUT2D eigenvalue weighted by Gasteiger charge is -2.28. The van der Waals surface area contributed by atoms with Crippen molar-refractivity contribution in [2.45, 2.75) is 32.2 Å². The highest BCUT2D eigenvalue weighted by Crippen LogP contribution is 2.20. The summed E-state index contributed by atoms with van der Waals surface area (Å²) in [6, 6.07) is 12.6. The van der Waals surface area contributed by atoms with E-state index in [0.29, 0.717) is 17.1 Å². The van der Waals surface area contributed by atoms with Crippen LogP contribution in [0, 0.1) is 5.82 Å². The summed E-state index contributed by atoms with van der Waals surface area (Å²) in [5.74, 6) is -0.658. The van der Waals surface area contributed by atoms with Crippen molar-refractivity contribution < 1.29 is 9.18 Å². The Bertz CT molecular complexity index is 727. The number of halogens is 2.